The minimum Gasteiger partial charge on any atom is -0.274 e. The summed E-state index contributed by atoms with van der Waals surface area (Å²) in [6, 6.07) is 16.8. The van der Waals surface area contributed by atoms with Crippen LogP contribution >= 0.6 is 0 Å². The number of rotatable bonds is 7. The Morgan fingerprint density at radius 2 is 1.50 bits per heavy atom. The fraction of sp³-hybridized carbons (Fsp3) is 0.484. The number of amides is 2. The van der Waals surface area contributed by atoms with Crippen LogP contribution in [0.5, 0.6) is 0 Å². The maximum Gasteiger partial charge on any atom is 0.238 e. The van der Waals surface area contributed by atoms with Gasteiger partial charge in [-0.3, -0.25) is 14.5 Å². The number of aryl methyl sites for hydroxylation is 1. The van der Waals surface area contributed by atoms with Crippen LogP contribution in [0.2, 0.25) is 0 Å². The van der Waals surface area contributed by atoms with Crippen LogP contribution in [0.1, 0.15) is 58.9 Å². The van der Waals surface area contributed by atoms with Gasteiger partial charge in [0.25, 0.3) is 0 Å². The van der Waals surface area contributed by atoms with Crippen molar-refractivity contribution in [2.24, 2.45) is 35.5 Å². The van der Waals surface area contributed by atoms with Gasteiger partial charge in [0.2, 0.25) is 11.8 Å². The molecule has 1 heterocycles. The zero-order valence-electron chi connectivity index (χ0n) is 21.0. The van der Waals surface area contributed by atoms with Crippen molar-refractivity contribution in [3.05, 3.63) is 65.7 Å². The second-order valence-corrected chi connectivity index (χ2v) is 11.0. The highest BCUT2D eigenvalue weighted by Crippen LogP contribution is 2.56. The van der Waals surface area contributed by atoms with Crippen molar-refractivity contribution in [2.45, 2.75) is 59.8 Å². The SMILES string of the molecule is CCCCCc1ccc(-c2ccc(N3C(=O)[C@@H]4C5C[C@@H](C(C)C)C(C=C5C)[C@@H]4C3=O)cc2)cc1. The molecule has 34 heavy (non-hydrogen) atoms. The largest absolute Gasteiger partial charge is 0.274 e. The summed E-state index contributed by atoms with van der Waals surface area (Å²) in [7, 11) is 0. The molecule has 0 N–H and O–H groups in total. The summed E-state index contributed by atoms with van der Waals surface area (Å²) >= 11 is 0. The molecule has 0 radical (unpaired) electrons. The maximum atomic E-state index is 13.6. The van der Waals surface area contributed by atoms with E-state index in [9.17, 15) is 9.59 Å². The summed E-state index contributed by atoms with van der Waals surface area (Å²) in [5, 5.41) is 0. The van der Waals surface area contributed by atoms with E-state index >= 15 is 0 Å². The lowest BCUT2D eigenvalue weighted by Gasteiger charge is -2.48. The molecule has 3 aliphatic carbocycles. The molecule has 1 aliphatic heterocycles. The Labute approximate surface area is 204 Å². The smallest absolute Gasteiger partial charge is 0.238 e. The van der Waals surface area contributed by atoms with E-state index in [4.69, 9.17) is 0 Å². The maximum absolute atomic E-state index is 13.6. The molecule has 2 bridgehead atoms. The molecule has 3 nitrogen and oxygen atoms in total. The molecule has 2 aromatic rings. The molecule has 4 aliphatic rings. The van der Waals surface area contributed by atoms with Gasteiger partial charge in [-0.25, -0.2) is 0 Å². The van der Waals surface area contributed by atoms with Crippen molar-refractivity contribution >= 4 is 17.5 Å². The normalized spacial score (nSPS) is 28.0. The minimum atomic E-state index is -0.192. The summed E-state index contributed by atoms with van der Waals surface area (Å²) < 4.78 is 0. The predicted molar refractivity (Wildman–Crippen MR) is 138 cm³/mol. The van der Waals surface area contributed by atoms with E-state index in [1.54, 1.807) is 0 Å². The molecule has 178 valence electrons. The first kappa shape index (κ1) is 23.1. The van der Waals surface area contributed by atoms with Crippen LogP contribution in [0.25, 0.3) is 11.1 Å². The Morgan fingerprint density at radius 3 is 2.12 bits per heavy atom. The lowest BCUT2D eigenvalue weighted by molar-refractivity contribution is -0.127. The van der Waals surface area contributed by atoms with Crippen LogP contribution < -0.4 is 4.90 Å². The quantitative estimate of drug-likeness (QED) is 0.255. The van der Waals surface area contributed by atoms with E-state index in [0.717, 1.165) is 24.0 Å². The van der Waals surface area contributed by atoms with Crippen LogP contribution in [0.4, 0.5) is 5.69 Å². The van der Waals surface area contributed by atoms with Gasteiger partial charge >= 0.3 is 0 Å². The molecule has 2 amide bonds. The predicted octanol–water partition coefficient (Wildman–Crippen LogP) is 7.06. The molecule has 0 spiro atoms. The zero-order valence-corrected chi connectivity index (χ0v) is 21.0. The molecule has 1 saturated heterocycles. The standard InChI is InChI=1S/C31H37NO2/c1-5-6-7-8-21-9-11-22(12-10-21)23-13-15-24(16-14-23)32-30(33)28-26-18-25(19(2)3)27(17-20(26)4)29(28)31(32)34/h9-17,19,25-29H,5-8,18H2,1-4H3/t25-,26?,27?,28+,29-/m0/s1. The highest BCUT2D eigenvalue weighted by atomic mass is 16.2. The number of carbonyl (C=O) groups excluding carboxylic acids is 2. The van der Waals surface area contributed by atoms with E-state index in [-0.39, 0.29) is 35.5 Å². The van der Waals surface area contributed by atoms with E-state index in [0.29, 0.717) is 17.5 Å². The lowest BCUT2D eigenvalue weighted by Crippen LogP contribution is -2.46. The van der Waals surface area contributed by atoms with Crippen molar-refractivity contribution in [1.82, 2.24) is 0 Å². The van der Waals surface area contributed by atoms with Crippen LogP contribution in [-0.2, 0) is 16.0 Å². The Balaban J connectivity index is 1.35. The summed E-state index contributed by atoms with van der Waals surface area (Å²) in [6.45, 7) is 8.88. The van der Waals surface area contributed by atoms with Gasteiger partial charge in [0.1, 0.15) is 0 Å². The van der Waals surface area contributed by atoms with Gasteiger partial charge in [-0.1, -0.05) is 81.7 Å². The topological polar surface area (TPSA) is 37.4 Å². The Morgan fingerprint density at radius 1 is 0.882 bits per heavy atom. The van der Waals surface area contributed by atoms with Crippen molar-refractivity contribution in [1.29, 1.82) is 0 Å². The van der Waals surface area contributed by atoms with Crippen LogP contribution in [0.3, 0.4) is 0 Å². The number of hydrogen-bond donors (Lipinski definition) is 0. The summed E-state index contributed by atoms with van der Waals surface area (Å²) in [4.78, 5) is 28.6. The number of anilines is 1. The Kier molecular flexibility index (Phi) is 6.22. The monoisotopic (exact) mass is 455 g/mol. The summed E-state index contributed by atoms with van der Waals surface area (Å²) in [5.74, 6) is 1.03. The van der Waals surface area contributed by atoms with Gasteiger partial charge in [-0.2, -0.15) is 0 Å². The molecule has 2 aromatic carbocycles. The fourth-order valence-corrected chi connectivity index (χ4v) is 6.74. The molecule has 2 fully saturated rings. The highest BCUT2D eigenvalue weighted by Gasteiger charge is 2.60. The second-order valence-electron chi connectivity index (χ2n) is 11.0. The first-order valence-corrected chi connectivity index (χ1v) is 13.2. The van der Waals surface area contributed by atoms with Crippen molar-refractivity contribution in [3.63, 3.8) is 0 Å². The molecule has 2 unspecified atom stereocenters. The van der Waals surface area contributed by atoms with Crippen LogP contribution in [0.15, 0.2) is 60.2 Å². The lowest BCUT2D eigenvalue weighted by atomic mass is 9.54. The molecule has 6 rings (SSSR count). The first-order chi connectivity index (χ1) is 16.4. The third-order valence-corrected chi connectivity index (χ3v) is 8.64. The number of benzene rings is 2. The van der Waals surface area contributed by atoms with Crippen LogP contribution in [0, 0.1) is 35.5 Å². The molecule has 5 atom stereocenters. The number of fused-ring (bicyclic) bond motifs is 1. The minimum absolute atomic E-state index is 0.00304. The Hall–Kier alpha value is -2.68. The highest BCUT2D eigenvalue weighted by molar-refractivity contribution is 6.22. The van der Waals surface area contributed by atoms with Gasteiger partial charge in [0.15, 0.2) is 0 Å². The average Bonchev–Trinajstić information content (AvgIpc) is 3.11. The summed E-state index contributed by atoms with van der Waals surface area (Å²) in [6.07, 6.45) is 8.22. The molecular weight excluding hydrogens is 418 g/mol. The number of imide groups is 1. The first-order valence-electron chi connectivity index (χ1n) is 13.2. The number of allylic oxidation sites excluding steroid dienone is 2. The molecule has 3 heteroatoms. The van der Waals surface area contributed by atoms with Crippen molar-refractivity contribution in [2.75, 3.05) is 4.90 Å². The second kappa shape index (κ2) is 9.17. The average molecular weight is 456 g/mol. The van der Waals surface area contributed by atoms with E-state index in [1.807, 2.05) is 24.3 Å². The van der Waals surface area contributed by atoms with E-state index in [1.165, 1.54) is 35.3 Å². The van der Waals surface area contributed by atoms with Gasteiger partial charge in [0, 0.05) is 0 Å². The molecular formula is C31H37NO2. The number of hydrogen-bond acceptors (Lipinski definition) is 2. The summed E-state index contributed by atoms with van der Waals surface area (Å²) in [5.41, 5.74) is 5.67. The van der Waals surface area contributed by atoms with Gasteiger partial charge < -0.3 is 0 Å². The van der Waals surface area contributed by atoms with Crippen molar-refractivity contribution in [3.8, 4) is 11.1 Å². The number of unbranched alkanes of at least 4 members (excludes halogenated alkanes) is 2. The fourth-order valence-electron chi connectivity index (χ4n) is 6.74. The molecule has 1 saturated carbocycles. The van der Waals surface area contributed by atoms with Gasteiger partial charge in [-0.05, 0) is 78.7 Å². The molecule has 0 aromatic heterocycles. The third kappa shape index (κ3) is 3.83. The Bertz CT molecular complexity index is 1100. The van der Waals surface area contributed by atoms with E-state index in [2.05, 4.69) is 58.0 Å². The number of carbonyl (C=O) groups is 2. The number of nitrogens with zero attached hydrogens (tertiary/aromatic N) is 1. The zero-order chi connectivity index (χ0) is 24.0. The van der Waals surface area contributed by atoms with E-state index < -0.39 is 0 Å². The van der Waals surface area contributed by atoms with Gasteiger partial charge in [-0.15, -0.1) is 0 Å². The third-order valence-electron chi connectivity index (χ3n) is 8.64. The van der Waals surface area contributed by atoms with Gasteiger partial charge in [0.05, 0.1) is 17.5 Å². The van der Waals surface area contributed by atoms with Crippen molar-refractivity contribution < 1.29 is 9.59 Å². The van der Waals surface area contributed by atoms with Crippen LogP contribution in [-0.4, -0.2) is 11.8 Å².